The van der Waals surface area contributed by atoms with Gasteiger partial charge in [-0.05, 0) is 36.0 Å². The van der Waals surface area contributed by atoms with Crippen molar-refractivity contribution in [3.63, 3.8) is 0 Å². The van der Waals surface area contributed by atoms with Crippen molar-refractivity contribution in [3.8, 4) is 11.5 Å². The summed E-state index contributed by atoms with van der Waals surface area (Å²) < 4.78 is 10.5. The molecule has 3 nitrogen and oxygen atoms in total. The first-order valence-corrected chi connectivity index (χ1v) is 4.89. The Hall–Kier alpha value is -1.22. The molecule has 0 spiro atoms. The van der Waals surface area contributed by atoms with Crippen molar-refractivity contribution < 1.29 is 14.6 Å². The minimum atomic E-state index is 0.291. The quantitative estimate of drug-likeness (QED) is 0.772. The Bertz CT molecular complexity index is 362. The van der Waals surface area contributed by atoms with Crippen LogP contribution in [0.15, 0.2) is 18.2 Å². The summed E-state index contributed by atoms with van der Waals surface area (Å²) in [6.45, 7) is 0.617. The summed E-state index contributed by atoms with van der Waals surface area (Å²) in [5.41, 5.74) is 1.26. The van der Waals surface area contributed by atoms with Gasteiger partial charge in [0.15, 0.2) is 11.5 Å². The van der Waals surface area contributed by atoms with E-state index in [9.17, 15) is 0 Å². The second kappa shape index (κ2) is 2.89. The zero-order valence-corrected chi connectivity index (χ0v) is 7.77. The van der Waals surface area contributed by atoms with Crippen molar-refractivity contribution >= 4 is 0 Å². The van der Waals surface area contributed by atoms with Crippen molar-refractivity contribution in [1.82, 2.24) is 0 Å². The summed E-state index contributed by atoms with van der Waals surface area (Å²) >= 11 is 0. The zero-order chi connectivity index (χ0) is 9.54. The fourth-order valence-corrected chi connectivity index (χ4v) is 2.00. The van der Waals surface area contributed by atoms with Crippen molar-refractivity contribution in [2.75, 3.05) is 13.4 Å². The number of aliphatic hydroxyl groups excluding tert-OH is 1. The van der Waals surface area contributed by atoms with E-state index >= 15 is 0 Å². The monoisotopic (exact) mass is 192 g/mol. The Morgan fingerprint density at radius 3 is 2.93 bits per heavy atom. The molecule has 1 aromatic carbocycles. The smallest absolute Gasteiger partial charge is 0.231 e. The lowest BCUT2D eigenvalue weighted by atomic mass is 10.1. The van der Waals surface area contributed by atoms with Gasteiger partial charge in [0.25, 0.3) is 0 Å². The molecule has 0 aromatic heterocycles. The van der Waals surface area contributed by atoms with Crippen LogP contribution < -0.4 is 9.47 Å². The number of ether oxygens (including phenoxy) is 2. The fourth-order valence-electron chi connectivity index (χ4n) is 2.00. The van der Waals surface area contributed by atoms with Crippen LogP contribution in [0.25, 0.3) is 0 Å². The predicted octanol–water partition coefficient (Wildman–Crippen LogP) is 1.51. The normalized spacial score (nSPS) is 27.8. The lowest BCUT2D eigenvalue weighted by Gasteiger charge is -2.01. The first kappa shape index (κ1) is 8.12. The van der Waals surface area contributed by atoms with E-state index in [1.54, 1.807) is 0 Å². The number of aliphatic hydroxyl groups is 1. The highest BCUT2D eigenvalue weighted by Gasteiger charge is 2.38. The van der Waals surface area contributed by atoms with Crippen molar-refractivity contribution in [1.29, 1.82) is 0 Å². The Balaban J connectivity index is 1.87. The molecule has 1 aliphatic heterocycles. The topological polar surface area (TPSA) is 38.7 Å². The minimum absolute atomic E-state index is 0.291. The van der Waals surface area contributed by atoms with Crippen LogP contribution in [0.4, 0.5) is 0 Å². The van der Waals surface area contributed by atoms with Gasteiger partial charge in [0, 0.05) is 6.61 Å². The highest BCUT2D eigenvalue weighted by atomic mass is 16.7. The molecule has 1 saturated carbocycles. The van der Waals surface area contributed by atoms with E-state index in [-0.39, 0.29) is 0 Å². The summed E-state index contributed by atoms with van der Waals surface area (Å²) in [7, 11) is 0. The summed E-state index contributed by atoms with van der Waals surface area (Å²) in [4.78, 5) is 0. The van der Waals surface area contributed by atoms with E-state index in [0.29, 0.717) is 25.2 Å². The second-order valence-electron chi connectivity index (χ2n) is 3.90. The van der Waals surface area contributed by atoms with Gasteiger partial charge >= 0.3 is 0 Å². The molecule has 1 N–H and O–H groups in total. The standard InChI is InChI=1S/C11H12O3/c12-5-8-3-9(8)7-1-2-10-11(4-7)14-6-13-10/h1-2,4,8-9,12H,3,5-6H2. The van der Waals surface area contributed by atoms with E-state index in [1.165, 1.54) is 5.56 Å². The third-order valence-corrected chi connectivity index (χ3v) is 2.98. The van der Waals surface area contributed by atoms with Crippen molar-refractivity contribution in [2.45, 2.75) is 12.3 Å². The molecule has 2 atom stereocenters. The molecule has 1 aromatic rings. The van der Waals surface area contributed by atoms with E-state index in [4.69, 9.17) is 14.6 Å². The molecule has 0 bridgehead atoms. The number of hydrogen-bond acceptors (Lipinski definition) is 3. The summed E-state index contributed by atoms with van der Waals surface area (Å²) in [5, 5.41) is 8.98. The minimum Gasteiger partial charge on any atom is -0.454 e. The average molecular weight is 192 g/mol. The lowest BCUT2D eigenvalue weighted by molar-refractivity contribution is 0.174. The third kappa shape index (κ3) is 1.16. The molecule has 3 heteroatoms. The molecule has 1 aliphatic carbocycles. The summed E-state index contributed by atoms with van der Waals surface area (Å²) in [6.07, 6.45) is 1.09. The number of rotatable bonds is 2. The predicted molar refractivity (Wildman–Crippen MR) is 50.5 cm³/mol. The molecule has 3 rings (SSSR count). The van der Waals surface area contributed by atoms with E-state index in [0.717, 1.165) is 17.9 Å². The molecular weight excluding hydrogens is 180 g/mol. The first-order valence-electron chi connectivity index (χ1n) is 4.89. The molecule has 74 valence electrons. The number of benzene rings is 1. The van der Waals surface area contributed by atoms with Gasteiger partial charge in [0.2, 0.25) is 6.79 Å². The molecule has 0 radical (unpaired) electrons. The van der Waals surface area contributed by atoms with Gasteiger partial charge in [0.05, 0.1) is 0 Å². The van der Waals surface area contributed by atoms with Crippen molar-refractivity contribution in [2.24, 2.45) is 5.92 Å². The molecule has 0 amide bonds. The van der Waals surface area contributed by atoms with Gasteiger partial charge < -0.3 is 14.6 Å². The second-order valence-corrected chi connectivity index (χ2v) is 3.90. The summed E-state index contributed by atoms with van der Waals surface area (Å²) in [5.74, 6) is 2.64. The largest absolute Gasteiger partial charge is 0.454 e. The Morgan fingerprint density at radius 1 is 1.29 bits per heavy atom. The van der Waals surface area contributed by atoms with E-state index in [1.807, 2.05) is 12.1 Å². The molecule has 2 unspecified atom stereocenters. The maximum absolute atomic E-state index is 8.98. The van der Waals surface area contributed by atoms with Crippen LogP contribution in [0.5, 0.6) is 11.5 Å². The van der Waals surface area contributed by atoms with Crippen LogP contribution >= 0.6 is 0 Å². The molecular formula is C11H12O3. The maximum atomic E-state index is 8.98. The number of hydrogen-bond donors (Lipinski definition) is 1. The van der Waals surface area contributed by atoms with Gasteiger partial charge in [-0.25, -0.2) is 0 Å². The lowest BCUT2D eigenvalue weighted by Crippen LogP contribution is -1.93. The van der Waals surface area contributed by atoms with Gasteiger partial charge in [-0.3, -0.25) is 0 Å². The third-order valence-electron chi connectivity index (χ3n) is 2.98. The first-order chi connectivity index (χ1) is 6.88. The van der Waals surface area contributed by atoms with Gasteiger partial charge in [-0.2, -0.15) is 0 Å². The zero-order valence-electron chi connectivity index (χ0n) is 7.77. The number of fused-ring (bicyclic) bond motifs is 1. The Morgan fingerprint density at radius 2 is 2.14 bits per heavy atom. The van der Waals surface area contributed by atoms with Crippen LogP contribution in [-0.4, -0.2) is 18.5 Å². The SMILES string of the molecule is OCC1CC1c1ccc2c(c1)OCO2. The molecule has 14 heavy (non-hydrogen) atoms. The Kier molecular flexibility index (Phi) is 1.67. The molecule has 1 heterocycles. The van der Waals surface area contributed by atoms with E-state index in [2.05, 4.69) is 6.07 Å². The summed E-state index contributed by atoms with van der Waals surface area (Å²) in [6, 6.07) is 6.04. The van der Waals surface area contributed by atoms with Crippen LogP contribution in [0.3, 0.4) is 0 Å². The average Bonchev–Trinajstić information content (AvgIpc) is 2.87. The van der Waals surface area contributed by atoms with Crippen LogP contribution in [0.1, 0.15) is 17.9 Å². The van der Waals surface area contributed by atoms with Crippen LogP contribution in [-0.2, 0) is 0 Å². The molecule has 2 aliphatic rings. The van der Waals surface area contributed by atoms with Gasteiger partial charge in [-0.15, -0.1) is 0 Å². The van der Waals surface area contributed by atoms with Gasteiger partial charge in [-0.1, -0.05) is 6.07 Å². The highest BCUT2D eigenvalue weighted by molar-refractivity contribution is 5.46. The van der Waals surface area contributed by atoms with E-state index < -0.39 is 0 Å². The highest BCUT2D eigenvalue weighted by Crippen LogP contribution is 2.49. The molecule has 0 saturated heterocycles. The van der Waals surface area contributed by atoms with Gasteiger partial charge in [0.1, 0.15) is 0 Å². The van der Waals surface area contributed by atoms with Crippen molar-refractivity contribution in [3.05, 3.63) is 23.8 Å². The Labute approximate surface area is 82.3 Å². The molecule has 1 fully saturated rings. The van der Waals surface area contributed by atoms with Crippen LogP contribution in [0.2, 0.25) is 0 Å². The maximum Gasteiger partial charge on any atom is 0.231 e. The fraction of sp³-hybridized carbons (Fsp3) is 0.455. The van der Waals surface area contributed by atoms with Crippen LogP contribution in [0, 0.1) is 5.92 Å².